The summed E-state index contributed by atoms with van der Waals surface area (Å²) in [6, 6.07) is 8.99. The second-order valence-electron chi connectivity index (χ2n) is 7.66. The minimum atomic E-state index is -3.66. The van der Waals surface area contributed by atoms with Gasteiger partial charge in [0, 0.05) is 0 Å². The summed E-state index contributed by atoms with van der Waals surface area (Å²) < 4.78 is 36.9. The van der Waals surface area contributed by atoms with Crippen LogP contribution in [0, 0.1) is 20.8 Å². The third-order valence-corrected chi connectivity index (χ3v) is 6.24. The predicted molar refractivity (Wildman–Crippen MR) is 124 cm³/mol. The minimum absolute atomic E-state index is 0.297. The summed E-state index contributed by atoms with van der Waals surface area (Å²) in [6.45, 7) is 7.31. The second kappa shape index (κ2) is 10.0. The third-order valence-electron chi connectivity index (χ3n) is 5.13. The Morgan fingerprint density at radius 2 is 1.61 bits per heavy atom. The third kappa shape index (κ3) is 5.91. The molecular weight excluding hydrogens is 416 g/mol. The van der Waals surface area contributed by atoms with E-state index in [2.05, 4.69) is 5.32 Å². The molecule has 0 aliphatic rings. The first-order valence-electron chi connectivity index (χ1n) is 10.1. The van der Waals surface area contributed by atoms with Crippen molar-refractivity contribution >= 4 is 21.6 Å². The van der Waals surface area contributed by atoms with Crippen molar-refractivity contribution in [2.24, 2.45) is 0 Å². The Bertz CT molecular complexity index is 1030. The van der Waals surface area contributed by atoms with Crippen LogP contribution in [0.4, 0.5) is 5.69 Å². The van der Waals surface area contributed by atoms with Crippen molar-refractivity contribution in [1.82, 2.24) is 5.32 Å². The van der Waals surface area contributed by atoms with E-state index in [9.17, 15) is 13.2 Å². The van der Waals surface area contributed by atoms with Crippen LogP contribution in [0.25, 0.3) is 0 Å². The number of benzene rings is 2. The monoisotopic (exact) mass is 448 g/mol. The lowest BCUT2D eigenvalue weighted by atomic mass is 10.0. The van der Waals surface area contributed by atoms with E-state index in [1.54, 1.807) is 20.3 Å². The number of hydrogen-bond donors (Lipinski definition) is 1. The maximum atomic E-state index is 12.9. The SMILES string of the molecule is CC[C@H](NC(=O)CN(c1c(C)cc(C)cc1C)S(C)(=O)=O)c1ccc(OC)c(OC)c1. The summed E-state index contributed by atoms with van der Waals surface area (Å²) in [5.41, 5.74) is 4.05. The number of carbonyl (C=O) groups excluding carboxylic acids is 1. The lowest BCUT2D eigenvalue weighted by Gasteiger charge is -2.27. The minimum Gasteiger partial charge on any atom is -0.493 e. The molecule has 8 heteroatoms. The molecule has 7 nitrogen and oxygen atoms in total. The molecule has 2 rings (SSSR count). The zero-order valence-electron chi connectivity index (χ0n) is 19.3. The molecule has 0 bridgehead atoms. The predicted octanol–water partition coefficient (Wildman–Crippen LogP) is 3.66. The van der Waals surface area contributed by atoms with Crippen LogP contribution in [-0.4, -0.2) is 41.3 Å². The van der Waals surface area contributed by atoms with Gasteiger partial charge in [0.2, 0.25) is 15.9 Å². The first-order chi connectivity index (χ1) is 14.5. The lowest BCUT2D eigenvalue weighted by Crippen LogP contribution is -2.42. The van der Waals surface area contributed by atoms with Crippen molar-refractivity contribution in [3.8, 4) is 11.5 Å². The Balaban J connectivity index is 2.30. The molecule has 0 unspecified atom stereocenters. The van der Waals surface area contributed by atoms with E-state index >= 15 is 0 Å². The largest absolute Gasteiger partial charge is 0.493 e. The number of nitrogens with zero attached hydrogens (tertiary/aromatic N) is 1. The molecular formula is C23H32N2O5S. The van der Waals surface area contributed by atoms with E-state index in [1.165, 1.54) is 4.31 Å². The van der Waals surface area contributed by atoms with Crippen molar-refractivity contribution in [3.05, 3.63) is 52.6 Å². The molecule has 2 aromatic carbocycles. The fourth-order valence-corrected chi connectivity index (χ4v) is 4.76. The van der Waals surface area contributed by atoms with Gasteiger partial charge in [-0.1, -0.05) is 30.7 Å². The van der Waals surface area contributed by atoms with Gasteiger partial charge in [-0.2, -0.15) is 0 Å². The standard InChI is InChI=1S/C23H32N2O5S/c1-8-19(18-9-10-20(29-5)21(13-18)30-6)24-22(26)14-25(31(7,27)28)23-16(3)11-15(2)12-17(23)4/h9-13,19H,8,14H2,1-7H3,(H,24,26)/t19-/m0/s1. The molecule has 2 aromatic rings. The molecule has 1 amide bonds. The van der Waals surface area contributed by atoms with Crippen LogP contribution in [0.5, 0.6) is 11.5 Å². The summed E-state index contributed by atoms with van der Waals surface area (Å²) in [7, 11) is -0.548. The van der Waals surface area contributed by atoms with Gasteiger partial charge >= 0.3 is 0 Å². The van der Waals surface area contributed by atoms with Gasteiger partial charge in [0.1, 0.15) is 6.54 Å². The van der Waals surface area contributed by atoms with E-state index in [0.29, 0.717) is 23.6 Å². The number of methoxy groups -OCH3 is 2. The molecule has 0 saturated heterocycles. The summed E-state index contributed by atoms with van der Waals surface area (Å²) in [4.78, 5) is 12.9. The normalized spacial score (nSPS) is 12.2. The molecule has 0 aliphatic heterocycles. The van der Waals surface area contributed by atoms with E-state index < -0.39 is 10.0 Å². The van der Waals surface area contributed by atoms with Crippen molar-refractivity contribution in [3.63, 3.8) is 0 Å². The van der Waals surface area contributed by atoms with E-state index in [1.807, 2.05) is 52.0 Å². The van der Waals surface area contributed by atoms with Crippen molar-refractivity contribution in [1.29, 1.82) is 0 Å². The van der Waals surface area contributed by atoms with Crippen LogP contribution in [0.1, 0.15) is 41.6 Å². The number of ether oxygens (including phenoxy) is 2. The highest BCUT2D eigenvalue weighted by Gasteiger charge is 2.25. The fraction of sp³-hybridized carbons (Fsp3) is 0.435. The van der Waals surface area contributed by atoms with Crippen LogP contribution in [0.2, 0.25) is 0 Å². The zero-order chi connectivity index (χ0) is 23.3. The number of rotatable bonds is 9. The number of nitrogens with one attached hydrogen (secondary N) is 1. The number of aryl methyl sites for hydroxylation is 3. The first kappa shape index (κ1) is 24.5. The van der Waals surface area contributed by atoms with Gasteiger partial charge in [-0.05, 0) is 56.0 Å². The van der Waals surface area contributed by atoms with Gasteiger partial charge in [-0.25, -0.2) is 8.42 Å². The van der Waals surface area contributed by atoms with Crippen LogP contribution in [0.15, 0.2) is 30.3 Å². The summed E-state index contributed by atoms with van der Waals surface area (Å²) in [5.74, 6) is 0.781. The number of sulfonamides is 1. The number of amides is 1. The smallest absolute Gasteiger partial charge is 0.241 e. The van der Waals surface area contributed by atoms with E-state index in [-0.39, 0.29) is 18.5 Å². The number of carbonyl (C=O) groups is 1. The van der Waals surface area contributed by atoms with E-state index in [4.69, 9.17) is 9.47 Å². The molecule has 0 heterocycles. The van der Waals surface area contributed by atoms with Gasteiger partial charge in [0.05, 0.1) is 32.2 Å². The molecule has 170 valence electrons. The van der Waals surface area contributed by atoms with Crippen LogP contribution in [0.3, 0.4) is 0 Å². The van der Waals surface area contributed by atoms with Crippen molar-refractivity contribution < 1.29 is 22.7 Å². The summed E-state index contributed by atoms with van der Waals surface area (Å²) in [5, 5.41) is 2.95. The summed E-state index contributed by atoms with van der Waals surface area (Å²) >= 11 is 0. The zero-order valence-corrected chi connectivity index (χ0v) is 20.1. The molecule has 1 atom stereocenters. The van der Waals surface area contributed by atoms with Gasteiger partial charge in [-0.3, -0.25) is 9.10 Å². The van der Waals surface area contributed by atoms with Gasteiger partial charge in [0.15, 0.2) is 11.5 Å². The fourth-order valence-electron chi connectivity index (χ4n) is 3.79. The van der Waals surface area contributed by atoms with Gasteiger partial charge in [0.25, 0.3) is 0 Å². The highest BCUT2D eigenvalue weighted by Crippen LogP contribution is 2.31. The number of hydrogen-bond acceptors (Lipinski definition) is 5. The lowest BCUT2D eigenvalue weighted by molar-refractivity contribution is -0.120. The van der Waals surface area contributed by atoms with E-state index in [0.717, 1.165) is 28.5 Å². The Morgan fingerprint density at radius 3 is 2.10 bits per heavy atom. The van der Waals surface area contributed by atoms with Crippen LogP contribution in [-0.2, 0) is 14.8 Å². The number of anilines is 1. The average Bonchev–Trinajstić information content (AvgIpc) is 2.69. The quantitative estimate of drug-likeness (QED) is 0.633. The molecule has 0 fully saturated rings. The average molecular weight is 449 g/mol. The van der Waals surface area contributed by atoms with Crippen molar-refractivity contribution in [2.75, 3.05) is 31.3 Å². The summed E-state index contributed by atoms with van der Waals surface area (Å²) in [6.07, 6.45) is 1.74. The molecule has 0 aliphatic carbocycles. The highest BCUT2D eigenvalue weighted by atomic mass is 32.2. The van der Waals surface area contributed by atoms with Crippen molar-refractivity contribution in [2.45, 2.75) is 40.2 Å². The van der Waals surface area contributed by atoms with Gasteiger partial charge in [-0.15, -0.1) is 0 Å². The van der Waals surface area contributed by atoms with Gasteiger partial charge < -0.3 is 14.8 Å². The van der Waals surface area contributed by atoms with Crippen LogP contribution < -0.4 is 19.1 Å². The molecule has 0 spiro atoms. The molecule has 1 N–H and O–H groups in total. The first-order valence-corrected chi connectivity index (χ1v) is 11.9. The van der Waals surface area contributed by atoms with Crippen LogP contribution >= 0.6 is 0 Å². The molecule has 0 saturated carbocycles. The molecule has 0 aromatic heterocycles. The Hall–Kier alpha value is -2.74. The Kier molecular flexibility index (Phi) is 7.95. The maximum Gasteiger partial charge on any atom is 0.241 e. The maximum absolute atomic E-state index is 12.9. The highest BCUT2D eigenvalue weighted by molar-refractivity contribution is 7.92. The topological polar surface area (TPSA) is 84.9 Å². The molecule has 31 heavy (non-hydrogen) atoms. The molecule has 0 radical (unpaired) electrons. The Morgan fingerprint density at radius 1 is 1.03 bits per heavy atom. The second-order valence-corrected chi connectivity index (χ2v) is 9.57. The Labute approximate surface area is 185 Å².